The monoisotopic (exact) mass is 540 g/mol. The lowest BCUT2D eigenvalue weighted by molar-refractivity contribution is -0.137. The normalized spacial score (nSPS) is 25.7. The molecule has 1 amide bonds. The molecule has 0 aromatic heterocycles. The Kier molecular flexibility index (Phi) is 7.85. The first-order valence-corrected chi connectivity index (χ1v) is 13.8. The van der Waals surface area contributed by atoms with E-state index in [0.717, 1.165) is 68.9 Å². The minimum atomic E-state index is -4.43. The Morgan fingerprint density at radius 1 is 1.10 bits per heavy atom. The van der Waals surface area contributed by atoms with Gasteiger partial charge < -0.3 is 15.0 Å². The van der Waals surface area contributed by atoms with Crippen molar-refractivity contribution in [1.82, 2.24) is 10.2 Å². The summed E-state index contributed by atoms with van der Waals surface area (Å²) in [7, 11) is 0. The molecule has 2 aromatic carbocycles. The Balaban J connectivity index is 1.32. The number of likely N-dealkylation sites (tertiary alicyclic amines) is 1. The van der Waals surface area contributed by atoms with Gasteiger partial charge in [-0.1, -0.05) is 24.3 Å². The van der Waals surface area contributed by atoms with Crippen LogP contribution in [0.15, 0.2) is 54.6 Å². The molecule has 1 heterocycles. The highest BCUT2D eigenvalue weighted by Crippen LogP contribution is 2.50. The number of ether oxygens (including phenoxy) is 1. The molecule has 0 radical (unpaired) electrons. The maximum absolute atomic E-state index is 13.0. The van der Waals surface area contributed by atoms with E-state index in [1.807, 2.05) is 12.1 Å². The zero-order valence-electron chi connectivity index (χ0n) is 22.2. The number of fused-ring (bicyclic) bond motifs is 1. The number of hydrogen-bond acceptors (Lipinski definition) is 4. The molecule has 0 spiro atoms. The fourth-order valence-electron chi connectivity index (χ4n) is 6.45. The second-order valence-electron chi connectivity index (χ2n) is 11.4. The zero-order chi connectivity index (χ0) is 27.6. The largest absolute Gasteiger partial charge is 0.427 e. The predicted octanol–water partition coefficient (Wildman–Crippen LogP) is 5.98. The van der Waals surface area contributed by atoms with Gasteiger partial charge in [-0.2, -0.15) is 13.2 Å². The van der Waals surface area contributed by atoms with Gasteiger partial charge >= 0.3 is 12.1 Å². The van der Waals surface area contributed by atoms with E-state index >= 15 is 0 Å². The maximum Gasteiger partial charge on any atom is 0.416 e. The van der Waals surface area contributed by atoms with Crippen LogP contribution < -0.4 is 10.1 Å². The van der Waals surface area contributed by atoms with E-state index in [1.54, 1.807) is 12.1 Å². The quantitative estimate of drug-likeness (QED) is 0.267. The molecule has 3 fully saturated rings. The second kappa shape index (κ2) is 11.2. The molecule has 8 heteroatoms. The maximum atomic E-state index is 13.0. The Morgan fingerprint density at radius 3 is 2.64 bits per heavy atom. The van der Waals surface area contributed by atoms with Crippen molar-refractivity contribution in [2.24, 2.45) is 11.8 Å². The lowest BCUT2D eigenvalue weighted by atomic mass is 9.58. The molecule has 0 bridgehead atoms. The molecule has 2 saturated carbocycles. The number of amides is 1. The topological polar surface area (TPSA) is 58.6 Å². The lowest BCUT2D eigenvalue weighted by Crippen LogP contribution is -2.56. The first kappa shape index (κ1) is 27.4. The van der Waals surface area contributed by atoms with Gasteiger partial charge in [0.2, 0.25) is 5.91 Å². The zero-order valence-corrected chi connectivity index (χ0v) is 22.2. The number of hydrogen-bond donors (Lipinski definition) is 1. The molecule has 1 N–H and O–H groups in total. The summed E-state index contributed by atoms with van der Waals surface area (Å²) < 4.78 is 44.5. The number of alkyl halides is 3. The van der Waals surface area contributed by atoms with Crippen LogP contribution in [0.4, 0.5) is 13.2 Å². The van der Waals surface area contributed by atoms with Crippen LogP contribution in [0.2, 0.25) is 0 Å². The summed E-state index contributed by atoms with van der Waals surface area (Å²) in [6.07, 6.45) is 4.47. The fourth-order valence-corrected chi connectivity index (χ4v) is 6.45. The molecular formula is C31H35F3N2O3. The van der Waals surface area contributed by atoms with Crippen LogP contribution in [0.3, 0.4) is 0 Å². The highest BCUT2D eigenvalue weighted by Gasteiger charge is 2.48. The molecular weight excluding hydrogens is 505 g/mol. The number of nitrogens with one attached hydrogen (secondary N) is 1. The minimum Gasteiger partial charge on any atom is -0.427 e. The molecule has 5 rings (SSSR count). The molecule has 3 unspecified atom stereocenters. The van der Waals surface area contributed by atoms with E-state index in [2.05, 4.69) is 16.3 Å². The van der Waals surface area contributed by atoms with E-state index in [4.69, 9.17) is 4.74 Å². The van der Waals surface area contributed by atoms with Gasteiger partial charge in [0.05, 0.1) is 5.56 Å². The van der Waals surface area contributed by atoms with E-state index in [0.29, 0.717) is 17.2 Å². The fraction of sp³-hybridized carbons (Fsp3) is 0.484. The number of rotatable bonds is 7. The van der Waals surface area contributed by atoms with Crippen molar-refractivity contribution in [3.63, 3.8) is 0 Å². The van der Waals surface area contributed by atoms with Gasteiger partial charge in [0.25, 0.3) is 0 Å². The SMILES string of the molecule is CC(=O)Oc1cccc(C23CCN(CC4CC4)CC2CCC(NC(=O)/C=C/c2cccc(C(F)(F)F)c2)C3)c1. The molecule has 1 aliphatic heterocycles. The number of carbonyl (C=O) groups excluding carboxylic acids is 2. The van der Waals surface area contributed by atoms with Crippen LogP contribution >= 0.6 is 0 Å². The average molecular weight is 541 g/mol. The smallest absolute Gasteiger partial charge is 0.416 e. The Morgan fingerprint density at radius 2 is 1.90 bits per heavy atom. The summed E-state index contributed by atoms with van der Waals surface area (Å²) in [6, 6.07) is 12.7. The molecule has 1 saturated heterocycles. The van der Waals surface area contributed by atoms with Gasteiger partial charge in [0, 0.05) is 37.5 Å². The Labute approximate surface area is 227 Å². The van der Waals surface area contributed by atoms with Gasteiger partial charge in [-0.15, -0.1) is 0 Å². The average Bonchev–Trinajstić information content (AvgIpc) is 3.71. The van der Waals surface area contributed by atoms with Gasteiger partial charge in [0.1, 0.15) is 5.75 Å². The van der Waals surface area contributed by atoms with Crippen molar-refractivity contribution < 1.29 is 27.5 Å². The predicted molar refractivity (Wildman–Crippen MR) is 143 cm³/mol. The van der Waals surface area contributed by atoms with Crippen LogP contribution in [0.1, 0.15) is 62.1 Å². The summed E-state index contributed by atoms with van der Waals surface area (Å²) in [5.74, 6) is 1.10. The Bertz CT molecular complexity index is 1240. The van der Waals surface area contributed by atoms with Gasteiger partial charge in [-0.05, 0) is 98.4 Å². The minimum absolute atomic E-state index is 0.0627. The summed E-state index contributed by atoms with van der Waals surface area (Å²) in [4.78, 5) is 27.0. The summed E-state index contributed by atoms with van der Waals surface area (Å²) in [5, 5.41) is 3.11. The van der Waals surface area contributed by atoms with Crippen LogP contribution in [0.5, 0.6) is 5.75 Å². The molecule has 2 aliphatic carbocycles. The van der Waals surface area contributed by atoms with Crippen LogP contribution in [0.25, 0.3) is 6.08 Å². The number of halogens is 3. The molecule has 39 heavy (non-hydrogen) atoms. The third-order valence-corrected chi connectivity index (χ3v) is 8.48. The molecule has 5 nitrogen and oxygen atoms in total. The number of nitrogens with zero attached hydrogens (tertiary/aromatic N) is 1. The summed E-state index contributed by atoms with van der Waals surface area (Å²) >= 11 is 0. The van der Waals surface area contributed by atoms with Crippen LogP contribution in [-0.2, 0) is 21.2 Å². The van der Waals surface area contributed by atoms with E-state index in [-0.39, 0.29) is 23.3 Å². The van der Waals surface area contributed by atoms with Crippen molar-refractivity contribution in [3.05, 3.63) is 71.3 Å². The molecule has 3 atom stereocenters. The first-order chi connectivity index (χ1) is 18.6. The van der Waals surface area contributed by atoms with Gasteiger partial charge in [-0.3, -0.25) is 9.59 Å². The van der Waals surface area contributed by atoms with Crippen molar-refractivity contribution in [2.45, 2.75) is 63.1 Å². The van der Waals surface area contributed by atoms with E-state index in [9.17, 15) is 22.8 Å². The van der Waals surface area contributed by atoms with E-state index in [1.165, 1.54) is 38.0 Å². The van der Waals surface area contributed by atoms with Crippen molar-refractivity contribution in [2.75, 3.05) is 19.6 Å². The number of benzene rings is 2. The summed E-state index contributed by atoms with van der Waals surface area (Å²) in [6.45, 7) is 4.55. The van der Waals surface area contributed by atoms with Crippen LogP contribution in [-0.4, -0.2) is 42.5 Å². The van der Waals surface area contributed by atoms with E-state index < -0.39 is 11.7 Å². The van der Waals surface area contributed by atoms with Crippen molar-refractivity contribution in [1.29, 1.82) is 0 Å². The standard InChI is InChI=1S/C31H35F3N2O3/c1-21(37)39-28-7-3-5-24(17-28)30-14-15-36(19-23-8-9-23)20-26(30)11-12-27(18-30)35-29(38)13-10-22-4-2-6-25(16-22)31(32,33)34/h2-7,10,13,16-17,23,26-27H,8-9,11-12,14-15,18-20H2,1H3,(H,35,38)/b13-10+. The Hall–Kier alpha value is -3.13. The molecule has 2 aromatic rings. The number of esters is 1. The van der Waals surface area contributed by atoms with Gasteiger partial charge in [-0.25, -0.2) is 0 Å². The molecule has 208 valence electrons. The molecule has 3 aliphatic rings. The van der Waals surface area contributed by atoms with Gasteiger partial charge in [0.15, 0.2) is 0 Å². The third-order valence-electron chi connectivity index (χ3n) is 8.48. The second-order valence-corrected chi connectivity index (χ2v) is 11.4. The van der Waals surface area contributed by atoms with Crippen molar-refractivity contribution >= 4 is 18.0 Å². The highest BCUT2D eigenvalue weighted by molar-refractivity contribution is 5.92. The first-order valence-electron chi connectivity index (χ1n) is 13.8. The number of carbonyl (C=O) groups is 2. The highest BCUT2D eigenvalue weighted by atomic mass is 19.4. The third kappa shape index (κ3) is 6.72. The van der Waals surface area contributed by atoms with Crippen molar-refractivity contribution in [3.8, 4) is 5.75 Å². The van der Waals surface area contributed by atoms with Crippen LogP contribution in [0, 0.1) is 11.8 Å². The number of piperidine rings is 1. The summed E-state index contributed by atoms with van der Waals surface area (Å²) in [5.41, 5.74) is 0.563. The lowest BCUT2D eigenvalue weighted by Gasteiger charge is -2.53.